The number of hydrogen-bond acceptors (Lipinski definition) is 3. The highest BCUT2D eigenvalue weighted by Crippen LogP contribution is 2.59. The number of benzene rings is 1. The van der Waals surface area contributed by atoms with Crippen molar-refractivity contribution >= 4 is 29.1 Å². The van der Waals surface area contributed by atoms with Gasteiger partial charge < -0.3 is 14.4 Å². The van der Waals surface area contributed by atoms with E-state index in [0.717, 1.165) is 17.5 Å². The highest BCUT2D eigenvalue weighted by Gasteiger charge is 2.72. The minimum absolute atomic E-state index is 0.0675. The molecule has 22 heavy (non-hydrogen) atoms. The van der Waals surface area contributed by atoms with Crippen LogP contribution in [-0.2, 0) is 16.8 Å². The summed E-state index contributed by atoms with van der Waals surface area (Å²) in [5.74, 6) is 1.22. The topological polar surface area (TPSA) is 38.8 Å². The first-order valence-electron chi connectivity index (χ1n) is 7.22. The number of rotatable bonds is 3. The Hall–Kier alpha value is -1.13. The largest absolute Gasteiger partial charge is 0.493 e. The molecule has 0 aliphatic carbocycles. The molecule has 3 rings (SSSR count). The Labute approximate surface area is 140 Å². The van der Waals surface area contributed by atoms with Gasteiger partial charge in [-0.3, -0.25) is 4.79 Å². The molecule has 120 valence electrons. The number of hydrogen-bond donors (Lipinski definition) is 0. The second-order valence-corrected chi connectivity index (χ2v) is 7.37. The first-order chi connectivity index (χ1) is 10.3. The van der Waals surface area contributed by atoms with Crippen molar-refractivity contribution in [2.24, 2.45) is 0 Å². The molecule has 0 saturated carbocycles. The van der Waals surface area contributed by atoms with Gasteiger partial charge in [-0.15, -0.1) is 23.2 Å². The van der Waals surface area contributed by atoms with Crippen LogP contribution in [0.15, 0.2) is 12.1 Å². The molecule has 6 heteroatoms. The van der Waals surface area contributed by atoms with E-state index in [-0.39, 0.29) is 11.3 Å². The van der Waals surface area contributed by atoms with E-state index >= 15 is 0 Å². The van der Waals surface area contributed by atoms with Gasteiger partial charge in [0.25, 0.3) is 0 Å². The Morgan fingerprint density at radius 1 is 1.27 bits per heavy atom. The molecular weight excluding hydrogens is 325 g/mol. The van der Waals surface area contributed by atoms with E-state index in [0.29, 0.717) is 18.0 Å². The fourth-order valence-electron chi connectivity index (χ4n) is 3.97. The van der Waals surface area contributed by atoms with Crippen LogP contribution < -0.4 is 9.47 Å². The third-order valence-corrected chi connectivity index (χ3v) is 5.75. The Morgan fingerprint density at radius 2 is 1.86 bits per heavy atom. The molecule has 3 unspecified atom stereocenters. The monoisotopic (exact) mass is 343 g/mol. The van der Waals surface area contributed by atoms with Gasteiger partial charge in [0.05, 0.1) is 19.6 Å². The fraction of sp³-hybridized carbons (Fsp3) is 0.562. The van der Waals surface area contributed by atoms with E-state index in [1.54, 1.807) is 26.0 Å². The first kappa shape index (κ1) is 15.8. The lowest BCUT2D eigenvalue weighted by atomic mass is 9.63. The van der Waals surface area contributed by atoms with Crippen LogP contribution in [0.4, 0.5) is 0 Å². The van der Waals surface area contributed by atoms with Crippen molar-refractivity contribution in [1.29, 1.82) is 0 Å². The van der Waals surface area contributed by atoms with E-state index in [4.69, 9.17) is 32.7 Å². The number of nitrogens with zero attached hydrogens (tertiary/aromatic N) is 1. The number of ether oxygens (including phenoxy) is 2. The maximum absolute atomic E-state index is 12.4. The van der Waals surface area contributed by atoms with Crippen LogP contribution in [0.25, 0.3) is 0 Å². The number of fused-ring (bicyclic) bond motifs is 3. The Morgan fingerprint density at radius 3 is 2.41 bits per heavy atom. The number of methoxy groups -OCH3 is 2. The molecule has 0 radical (unpaired) electrons. The first-order valence-corrected chi connectivity index (χ1v) is 8.04. The number of halogens is 2. The number of carbonyl (C=O) groups is 1. The molecular formula is C16H19Cl2NO3. The average Bonchev–Trinajstić information content (AvgIpc) is 2.50. The van der Waals surface area contributed by atoms with Crippen molar-refractivity contribution in [3.8, 4) is 11.5 Å². The van der Waals surface area contributed by atoms with Gasteiger partial charge in [-0.2, -0.15) is 0 Å². The summed E-state index contributed by atoms with van der Waals surface area (Å²) in [5, 5.41) is -0.329. The lowest BCUT2D eigenvalue weighted by Crippen LogP contribution is -2.80. The number of β-lactam (4-membered cyclic amide) rings is 1. The van der Waals surface area contributed by atoms with E-state index in [1.165, 1.54) is 0 Å². The van der Waals surface area contributed by atoms with Crippen molar-refractivity contribution in [1.82, 2.24) is 4.90 Å². The predicted molar refractivity (Wildman–Crippen MR) is 86.2 cm³/mol. The van der Waals surface area contributed by atoms with Gasteiger partial charge in [-0.1, -0.05) is 0 Å². The molecule has 0 bridgehead atoms. The lowest BCUT2D eigenvalue weighted by Gasteiger charge is -2.65. The van der Waals surface area contributed by atoms with Crippen molar-refractivity contribution in [3.05, 3.63) is 23.3 Å². The normalized spacial score (nSPS) is 31.0. The molecule has 1 saturated heterocycles. The SMILES string of the molecule is COc1cc2c(cc1OC)C1(C(C)Cl)N(CC2)C(=O)C1(C)Cl. The van der Waals surface area contributed by atoms with Crippen LogP contribution in [0, 0.1) is 0 Å². The maximum atomic E-state index is 12.4. The summed E-state index contributed by atoms with van der Waals surface area (Å²) in [6, 6.07) is 3.87. The van der Waals surface area contributed by atoms with Crippen LogP contribution in [0.3, 0.4) is 0 Å². The van der Waals surface area contributed by atoms with Crippen LogP contribution in [-0.4, -0.2) is 41.8 Å². The molecule has 1 aromatic carbocycles. The second-order valence-electron chi connectivity index (χ2n) is 5.96. The van der Waals surface area contributed by atoms with Crippen molar-refractivity contribution in [2.45, 2.75) is 36.1 Å². The molecule has 0 aromatic heterocycles. The fourth-order valence-corrected chi connectivity index (χ4v) is 4.95. The molecule has 2 heterocycles. The van der Waals surface area contributed by atoms with Crippen LogP contribution in [0.2, 0.25) is 0 Å². The van der Waals surface area contributed by atoms with Crippen LogP contribution in [0.5, 0.6) is 11.5 Å². The van der Waals surface area contributed by atoms with Crippen molar-refractivity contribution in [2.75, 3.05) is 20.8 Å². The van der Waals surface area contributed by atoms with E-state index < -0.39 is 10.4 Å². The summed E-state index contributed by atoms with van der Waals surface area (Å²) in [4.78, 5) is 13.1. The van der Waals surface area contributed by atoms with Crippen molar-refractivity contribution < 1.29 is 14.3 Å². The smallest absolute Gasteiger partial charge is 0.247 e. The Bertz CT molecular complexity index is 645. The predicted octanol–water partition coefficient (Wildman–Crippen LogP) is 2.92. The summed E-state index contributed by atoms with van der Waals surface area (Å²) in [6.07, 6.45) is 0.750. The molecule has 1 amide bonds. The molecule has 0 spiro atoms. The molecule has 2 aliphatic heterocycles. The zero-order valence-corrected chi connectivity index (χ0v) is 14.6. The van der Waals surface area contributed by atoms with Crippen LogP contribution >= 0.6 is 23.2 Å². The van der Waals surface area contributed by atoms with Gasteiger partial charge >= 0.3 is 0 Å². The summed E-state index contributed by atoms with van der Waals surface area (Å²) in [6.45, 7) is 4.24. The zero-order chi connectivity index (χ0) is 16.3. The summed E-state index contributed by atoms with van der Waals surface area (Å²) in [7, 11) is 3.20. The van der Waals surface area contributed by atoms with Gasteiger partial charge in [0.1, 0.15) is 10.4 Å². The number of alkyl halides is 2. The molecule has 3 atom stereocenters. The molecule has 4 nitrogen and oxygen atoms in total. The lowest BCUT2D eigenvalue weighted by molar-refractivity contribution is -0.168. The van der Waals surface area contributed by atoms with Gasteiger partial charge in [-0.05, 0) is 43.5 Å². The molecule has 1 fully saturated rings. The summed E-state index contributed by atoms with van der Waals surface area (Å²) in [5.41, 5.74) is 1.33. The van der Waals surface area contributed by atoms with Crippen molar-refractivity contribution in [3.63, 3.8) is 0 Å². The maximum Gasteiger partial charge on any atom is 0.247 e. The average molecular weight is 344 g/mol. The van der Waals surface area contributed by atoms with E-state index in [1.807, 2.05) is 19.1 Å². The summed E-state index contributed by atoms with van der Waals surface area (Å²) >= 11 is 13.2. The minimum Gasteiger partial charge on any atom is -0.493 e. The van der Waals surface area contributed by atoms with Gasteiger partial charge in [0, 0.05) is 6.54 Å². The van der Waals surface area contributed by atoms with Gasteiger partial charge in [-0.25, -0.2) is 0 Å². The number of carbonyl (C=O) groups excluding carboxylic acids is 1. The van der Waals surface area contributed by atoms with E-state index in [2.05, 4.69) is 0 Å². The Kier molecular flexibility index (Phi) is 3.53. The summed E-state index contributed by atoms with van der Waals surface area (Å²) < 4.78 is 10.8. The molecule has 2 aliphatic rings. The quantitative estimate of drug-likeness (QED) is 0.625. The second kappa shape index (κ2) is 4.93. The van der Waals surface area contributed by atoms with E-state index in [9.17, 15) is 4.79 Å². The van der Waals surface area contributed by atoms with Crippen LogP contribution in [0.1, 0.15) is 25.0 Å². The standard InChI is InChI=1S/C16H19Cl2NO3/c1-9(17)16-11-8-13(22-4)12(21-3)7-10(11)5-6-19(16)14(20)15(16,2)18/h7-9H,5-6H2,1-4H3. The number of amides is 1. The highest BCUT2D eigenvalue weighted by atomic mass is 35.5. The highest BCUT2D eigenvalue weighted by molar-refractivity contribution is 6.40. The minimum atomic E-state index is -1.05. The van der Waals surface area contributed by atoms with Gasteiger partial charge in [0.15, 0.2) is 11.5 Å². The van der Waals surface area contributed by atoms with Gasteiger partial charge in [0.2, 0.25) is 5.91 Å². The molecule has 0 N–H and O–H groups in total. The third-order valence-electron chi connectivity index (χ3n) is 4.99. The Balaban J connectivity index is 2.27. The molecule has 1 aromatic rings. The third kappa shape index (κ3) is 1.63. The zero-order valence-electron chi connectivity index (χ0n) is 13.1.